The van der Waals surface area contributed by atoms with E-state index in [0.29, 0.717) is 18.5 Å². The predicted molar refractivity (Wildman–Crippen MR) is 78.9 cm³/mol. The van der Waals surface area contributed by atoms with E-state index in [2.05, 4.69) is 5.32 Å². The number of carbonyl (C=O) groups is 2. The molecule has 1 aromatic carbocycles. The van der Waals surface area contributed by atoms with E-state index in [-0.39, 0.29) is 12.6 Å². The number of rotatable bonds is 6. The Morgan fingerprint density at radius 2 is 2.00 bits per heavy atom. The van der Waals surface area contributed by atoms with Crippen LogP contribution in [0, 0.1) is 11.3 Å². The van der Waals surface area contributed by atoms with Gasteiger partial charge in [0.1, 0.15) is 6.54 Å². The zero-order valence-electron chi connectivity index (χ0n) is 12.2. The highest BCUT2D eigenvalue weighted by atomic mass is 16.4. The molecule has 0 radical (unpaired) electrons. The van der Waals surface area contributed by atoms with Crippen LogP contribution < -0.4 is 5.32 Å². The van der Waals surface area contributed by atoms with Crippen molar-refractivity contribution in [2.75, 3.05) is 11.9 Å². The average Bonchev–Trinajstić information content (AvgIpc) is 2.46. The van der Waals surface area contributed by atoms with E-state index in [1.54, 1.807) is 31.2 Å². The topological polar surface area (TPSA) is 93.4 Å². The molecule has 2 amide bonds. The van der Waals surface area contributed by atoms with Gasteiger partial charge in [0.25, 0.3) is 0 Å². The molecular formula is C15H19N3O3. The fourth-order valence-electron chi connectivity index (χ4n) is 1.79. The molecule has 0 bridgehead atoms. The van der Waals surface area contributed by atoms with Gasteiger partial charge in [-0.3, -0.25) is 4.79 Å². The van der Waals surface area contributed by atoms with Gasteiger partial charge in [0.15, 0.2) is 0 Å². The Bertz CT molecular complexity index is 534. The molecule has 1 unspecified atom stereocenters. The number of aliphatic carboxylic acids is 1. The molecule has 0 fully saturated rings. The van der Waals surface area contributed by atoms with Crippen molar-refractivity contribution in [2.45, 2.75) is 32.7 Å². The number of benzene rings is 1. The van der Waals surface area contributed by atoms with Crippen LogP contribution in [0.15, 0.2) is 24.3 Å². The van der Waals surface area contributed by atoms with Crippen molar-refractivity contribution in [3.05, 3.63) is 29.8 Å². The number of hydrogen-bond acceptors (Lipinski definition) is 3. The Labute approximate surface area is 124 Å². The molecule has 112 valence electrons. The van der Waals surface area contributed by atoms with Crippen LogP contribution in [0.3, 0.4) is 0 Å². The van der Waals surface area contributed by atoms with Gasteiger partial charge in [-0.25, -0.2) is 4.79 Å². The number of nitriles is 1. The molecule has 0 spiro atoms. The summed E-state index contributed by atoms with van der Waals surface area (Å²) in [5, 5.41) is 20.2. The number of anilines is 1. The molecule has 2 N–H and O–H groups in total. The van der Waals surface area contributed by atoms with Crippen LogP contribution in [-0.2, 0) is 11.2 Å². The molecule has 1 aromatic rings. The molecule has 1 rings (SSSR count). The van der Waals surface area contributed by atoms with E-state index < -0.39 is 12.0 Å². The second kappa shape index (κ2) is 7.90. The third-order valence-corrected chi connectivity index (χ3v) is 3.18. The molecular weight excluding hydrogens is 270 g/mol. The summed E-state index contributed by atoms with van der Waals surface area (Å²) < 4.78 is 0. The van der Waals surface area contributed by atoms with Gasteiger partial charge in [0.2, 0.25) is 0 Å². The predicted octanol–water partition coefficient (Wildman–Crippen LogP) is 2.47. The number of carbonyl (C=O) groups excluding carboxylic acids is 1. The Hall–Kier alpha value is -2.55. The Balaban J connectivity index is 2.76. The number of nitrogens with one attached hydrogen (secondary N) is 1. The number of urea groups is 1. The molecule has 0 aliphatic heterocycles. The minimum atomic E-state index is -1.05. The first-order chi connectivity index (χ1) is 9.97. The number of carboxylic acid groups (broad SMARTS) is 1. The van der Waals surface area contributed by atoms with Crippen LogP contribution >= 0.6 is 0 Å². The summed E-state index contributed by atoms with van der Waals surface area (Å²) >= 11 is 0. The monoisotopic (exact) mass is 289 g/mol. The van der Waals surface area contributed by atoms with E-state index in [9.17, 15) is 9.59 Å². The largest absolute Gasteiger partial charge is 0.480 e. The summed E-state index contributed by atoms with van der Waals surface area (Å²) in [6.07, 6.45) is 0.980. The highest BCUT2D eigenvalue weighted by Crippen LogP contribution is 2.12. The molecule has 0 aromatic heterocycles. The highest BCUT2D eigenvalue weighted by Gasteiger charge is 2.21. The van der Waals surface area contributed by atoms with E-state index in [1.807, 2.05) is 13.0 Å². The number of hydrogen-bond donors (Lipinski definition) is 2. The summed E-state index contributed by atoms with van der Waals surface area (Å²) in [6, 6.07) is 8.33. The van der Waals surface area contributed by atoms with Crippen LogP contribution in [-0.4, -0.2) is 34.6 Å². The smallest absolute Gasteiger partial charge is 0.323 e. The number of carboxylic acids is 1. The SMILES string of the molecule is CCC(C)N(CC(=O)O)C(=O)Nc1ccc(CC#N)cc1. The molecule has 1 atom stereocenters. The van der Waals surface area contributed by atoms with Gasteiger partial charge in [0.05, 0.1) is 12.5 Å². The van der Waals surface area contributed by atoms with Crippen molar-refractivity contribution in [2.24, 2.45) is 0 Å². The maximum Gasteiger partial charge on any atom is 0.323 e. The fraction of sp³-hybridized carbons (Fsp3) is 0.400. The van der Waals surface area contributed by atoms with Crippen molar-refractivity contribution < 1.29 is 14.7 Å². The first-order valence-corrected chi connectivity index (χ1v) is 6.73. The van der Waals surface area contributed by atoms with Gasteiger partial charge in [-0.2, -0.15) is 5.26 Å². The molecule has 6 nitrogen and oxygen atoms in total. The Morgan fingerprint density at radius 3 is 2.48 bits per heavy atom. The second-order valence-electron chi connectivity index (χ2n) is 4.74. The lowest BCUT2D eigenvalue weighted by Gasteiger charge is -2.27. The summed E-state index contributed by atoms with van der Waals surface area (Å²) in [7, 11) is 0. The lowest BCUT2D eigenvalue weighted by Crippen LogP contribution is -2.44. The zero-order valence-corrected chi connectivity index (χ0v) is 12.2. The number of amides is 2. The zero-order chi connectivity index (χ0) is 15.8. The van der Waals surface area contributed by atoms with Crippen molar-refractivity contribution in [1.29, 1.82) is 5.26 Å². The molecule has 0 saturated heterocycles. The standard InChI is InChI=1S/C15H19N3O3/c1-3-11(2)18(10-14(19)20)15(21)17-13-6-4-12(5-7-13)8-9-16/h4-7,11H,3,8,10H2,1-2H3,(H,17,21)(H,19,20). The van der Waals surface area contributed by atoms with Gasteiger partial charge in [0, 0.05) is 11.7 Å². The van der Waals surface area contributed by atoms with E-state index in [1.165, 1.54) is 4.90 Å². The summed E-state index contributed by atoms with van der Waals surface area (Å²) in [6.45, 7) is 3.36. The second-order valence-corrected chi connectivity index (χ2v) is 4.74. The molecule has 0 aliphatic rings. The van der Waals surface area contributed by atoms with Crippen LogP contribution in [0.1, 0.15) is 25.8 Å². The first-order valence-electron chi connectivity index (χ1n) is 6.73. The quantitative estimate of drug-likeness (QED) is 0.841. The third kappa shape index (κ3) is 5.15. The lowest BCUT2D eigenvalue weighted by atomic mass is 10.1. The summed E-state index contributed by atoms with van der Waals surface area (Å²) in [5.41, 5.74) is 1.43. The Kier molecular flexibility index (Phi) is 6.21. The van der Waals surface area contributed by atoms with Crippen molar-refractivity contribution in [1.82, 2.24) is 4.90 Å². The van der Waals surface area contributed by atoms with Crippen molar-refractivity contribution >= 4 is 17.7 Å². The van der Waals surface area contributed by atoms with Crippen molar-refractivity contribution in [3.63, 3.8) is 0 Å². The lowest BCUT2D eigenvalue weighted by molar-refractivity contribution is -0.138. The number of nitrogens with zero attached hydrogens (tertiary/aromatic N) is 2. The molecule has 0 aliphatic carbocycles. The molecule has 6 heteroatoms. The van der Waals surface area contributed by atoms with Crippen LogP contribution in [0.5, 0.6) is 0 Å². The molecule has 21 heavy (non-hydrogen) atoms. The minimum Gasteiger partial charge on any atom is -0.480 e. The molecule has 0 saturated carbocycles. The summed E-state index contributed by atoms with van der Waals surface area (Å²) in [4.78, 5) is 24.3. The van der Waals surface area contributed by atoms with E-state index in [0.717, 1.165) is 5.56 Å². The van der Waals surface area contributed by atoms with Crippen molar-refractivity contribution in [3.8, 4) is 6.07 Å². The molecule has 0 heterocycles. The van der Waals surface area contributed by atoms with E-state index in [4.69, 9.17) is 10.4 Å². The maximum atomic E-state index is 12.2. The van der Waals surface area contributed by atoms with Gasteiger partial charge in [-0.15, -0.1) is 0 Å². The van der Waals surface area contributed by atoms with Crippen LogP contribution in [0.25, 0.3) is 0 Å². The summed E-state index contributed by atoms with van der Waals surface area (Å²) in [5.74, 6) is -1.05. The minimum absolute atomic E-state index is 0.168. The van der Waals surface area contributed by atoms with Gasteiger partial charge >= 0.3 is 12.0 Å². The highest BCUT2D eigenvalue weighted by molar-refractivity contribution is 5.91. The average molecular weight is 289 g/mol. The van der Waals surface area contributed by atoms with Crippen LogP contribution in [0.2, 0.25) is 0 Å². The fourth-order valence-corrected chi connectivity index (χ4v) is 1.79. The maximum absolute atomic E-state index is 12.2. The Morgan fingerprint density at radius 1 is 1.38 bits per heavy atom. The van der Waals surface area contributed by atoms with Crippen LogP contribution in [0.4, 0.5) is 10.5 Å². The van der Waals surface area contributed by atoms with Gasteiger partial charge in [-0.05, 0) is 31.0 Å². The first kappa shape index (κ1) is 16.5. The van der Waals surface area contributed by atoms with Gasteiger partial charge in [-0.1, -0.05) is 19.1 Å². The van der Waals surface area contributed by atoms with E-state index >= 15 is 0 Å². The third-order valence-electron chi connectivity index (χ3n) is 3.18. The van der Waals surface area contributed by atoms with Gasteiger partial charge < -0.3 is 15.3 Å². The normalized spacial score (nSPS) is 11.3.